The second-order valence-electron chi connectivity index (χ2n) is 7.52. The number of rotatable bonds is 6. The number of carbonyl (C=O) groups excluding carboxylic acids is 3. The van der Waals surface area contributed by atoms with Crippen molar-refractivity contribution in [2.45, 2.75) is 13.8 Å². The molecule has 2 N–H and O–H groups in total. The fourth-order valence-electron chi connectivity index (χ4n) is 3.01. The Bertz CT molecular complexity index is 1140. The van der Waals surface area contributed by atoms with Crippen LogP contribution in [0.25, 0.3) is 0 Å². The van der Waals surface area contributed by atoms with Gasteiger partial charge in [-0.15, -0.1) is 0 Å². The minimum Gasteiger partial charge on any atom is -0.378 e. The second kappa shape index (κ2) is 9.26. The standard InChI is InChI=1S/C25H25N3O3/c1-16-8-13-21(26-25(31)20-6-5-7-22(14-20)28(3)4)15-23(16)27-24(30)19-11-9-18(10-12-19)17(2)29/h5-15H,1-4H3,(H,26,31)(H,27,30). The average molecular weight is 415 g/mol. The average Bonchev–Trinajstić information content (AvgIpc) is 2.76. The van der Waals surface area contributed by atoms with E-state index in [9.17, 15) is 14.4 Å². The first-order valence-corrected chi connectivity index (χ1v) is 9.86. The number of carbonyl (C=O) groups is 3. The number of nitrogens with zero attached hydrogens (tertiary/aromatic N) is 1. The zero-order chi connectivity index (χ0) is 22.5. The predicted molar refractivity (Wildman–Crippen MR) is 124 cm³/mol. The monoisotopic (exact) mass is 415 g/mol. The molecule has 0 saturated carbocycles. The summed E-state index contributed by atoms with van der Waals surface area (Å²) in [6, 6.07) is 19.2. The normalized spacial score (nSPS) is 10.3. The molecule has 3 rings (SSSR count). The Labute approximate surface area is 181 Å². The molecule has 0 bridgehead atoms. The molecule has 6 nitrogen and oxygen atoms in total. The molecule has 3 aromatic rings. The number of hydrogen-bond acceptors (Lipinski definition) is 4. The molecule has 0 heterocycles. The van der Waals surface area contributed by atoms with Crippen molar-refractivity contribution >= 4 is 34.7 Å². The van der Waals surface area contributed by atoms with Crippen LogP contribution in [0.3, 0.4) is 0 Å². The van der Waals surface area contributed by atoms with E-state index in [4.69, 9.17) is 0 Å². The molecule has 0 atom stereocenters. The summed E-state index contributed by atoms with van der Waals surface area (Å²) in [5.74, 6) is -0.577. The Kier molecular flexibility index (Phi) is 6.50. The van der Waals surface area contributed by atoms with Gasteiger partial charge in [-0.25, -0.2) is 0 Å². The van der Waals surface area contributed by atoms with Crippen molar-refractivity contribution in [2.75, 3.05) is 29.6 Å². The van der Waals surface area contributed by atoms with Gasteiger partial charge >= 0.3 is 0 Å². The topological polar surface area (TPSA) is 78.5 Å². The third-order valence-corrected chi connectivity index (χ3v) is 4.92. The fourth-order valence-corrected chi connectivity index (χ4v) is 3.01. The first-order valence-electron chi connectivity index (χ1n) is 9.86. The molecule has 0 spiro atoms. The Morgan fingerprint density at radius 2 is 1.39 bits per heavy atom. The Balaban J connectivity index is 1.75. The molecule has 158 valence electrons. The molecular weight excluding hydrogens is 390 g/mol. The van der Waals surface area contributed by atoms with E-state index >= 15 is 0 Å². The first kappa shape index (κ1) is 21.8. The van der Waals surface area contributed by atoms with Crippen LogP contribution in [0.1, 0.15) is 43.6 Å². The van der Waals surface area contributed by atoms with Crippen LogP contribution < -0.4 is 15.5 Å². The smallest absolute Gasteiger partial charge is 0.255 e. The maximum Gasteiger partial charge on any atom is 0.255 e. The van der Waals surface area contributed by atoms with Gasteiger partial charge in [0.05, 0.1) is 0 Å². The maximum absolute atomic E-state index is 12.7. The minimum atomic E-state index is -0.291. The van der Waals surface area contributed by atoms with Crippen molar-refractivity contribution in [1.29, 1.82) is 0 Å². The van der Waals surface area contributed by atoms with Gasteiger partial charge in [0.25, 0.3) is 11.8 Å². The molecule has 3 aromatic carbocycles. The summed E-state index contributed by atoms with van der Waals surface area (Å²) >= 11 is 0. The van der Waals surface area contributed by atoms with Crippen LogP contribution in [0.5, 0.6) is 0 Å². The van der Waals surface area contributed by atoms with Crippen LogP contribution >= 0.6 is 0 Å². The van der Waals surface area contributed by atoms with Crippen molar-refractivity contribution in [3.8, 4) is 0 Å². The lowest BCUT2D eigenvalue weighted by Gasteiger charge is -2.14. The summed E-state index contributed by atoms with van der Waals surface area (Å²) in [5, 5.41) is 5.75. The zero-order valence-corrected chi connectivity index (χ0v) is 18.0. The van der Waals surface area contributed by atoms with Crippen LogP contribution in [0.2, 0.25) is 0 Å². The van der Waals surface area contributed by atoms with Crippen LogP contribution in [-0.2, 0) is 0 Å². The van der Waals surface area contributed by atoms with Gasteiger partial charge in [0.2, 0.25) is 0 Å². The molecule has 0 aliphatic carbocycles. The molecule has 0 aliphatic heterocycles. The number of anilines is 3. The van der Waals surface area contributed by atoms with E-state index in [2.05, 4.69) is 10.6 Å². The Morgan fingerprint density at radius 3 is 2.03 bits per heavy atom. The summed E-state index contributed by atoms with van der Waals surface area (Å²) in [7, 11) is 3.83. The lowest BCUT2D eigenvalue weighted by Crippen LogP contribution is -2.15. The molecule has 31 heavy (non-hydrogen) atoms. The number of amides is 2. The van der Waals surface area contributed by atoms with E-state index in [-0.39, 0.29) is 17.6 Å². The lowest BCUT2D eigenvalue weighted by atomic mass is 10.1. The number of nitrogens with one attached hydrogen (secondary N) is 2. The van der Waals surface area contributed by atoms with Gasteiger partial charge in [0.1, 0.15) is 0 Å². The third kappa shape index (κ3) is 5.36. The number of benzene rings is 3. The molecule has 2 amide bonds. The molecule has 0 aliphatic rings. The molecule has 0 fully saturated rings. The van der Waals surface area contributed by atoms with Crippen molar-refractivity contribution in [1.82, 2.24) is 0 Å². The van der Waals surface area contributed by atoms with E-state index in [0.717, 1.165) is 11.3 Å². The molecule has 0 radical (unpaired) electrons. The number of Topliss-reactive ketones (excluding diaryl/α,β-unsaturated/α-hetero) is 1. The Morgan fingerprint density at radius 1 is 0.742 bits per heavy atom. The summed E-state index contributed by atoms with van der Waals surface area (Å²) in [6.07, 6.45) is 0. The van der Waals surface area contributed by atoms with Gasteiger partial charge in [-0.3, -0.25) is 14.4 Å². The third-order valence-electron chi connectivity index (χ3n) is 4.92. The molecule has 0 aromatic heterocycles. The maximum atomic E-state index is 12.7. The second-order valence-corrected chi connectivity index (χ2v) is 7.52. The fraction of sp³-hybridized carbons (Fsp3) is 0.160. The van der Waals surface area contributed by atoms with Crippen molar-refractivity contribution in [3.05, 3.63) is 89.0 Å². The van der Waals surface area contributed by atoms with E-state index in [1.165, 1.54) is 6.92 Å². The highest BCUT2D eigenvalue weighted by Gasteiger charge is 2.12. The summed E-state index contributed by atoms with van der Waals surface area (Å²) in [5.41, 5.74) is 4.51. The number of ketones is 1. The van der Waals surface area contributed by atoms with Crippen LogP contribution in [0.15, 0.2) is 66.7 Å². The van der Waals surface area contributed by atoms with E-state index < -0.39 is 0 Å². The van der Waals surface area contributed by atoms with Crippen LogP contribution in [0.4, 0.5) is 17.1 Å². The molecular formula is C25H25N3O3. The van der Waals surface area contributed by atoms with Gasteiger partial charge in [0.15, 0.2) is 5.78 Å². The summed E-state index contributed by atoms with van der Waals surface area (Å²) in [4.78, 5) is 38.6. The largest absolute Gasteiger partial charge is 0.378 e. The van der Waals surface area contributed by atoms with Crippen molar-refractivity contribution in [2.24, 2.45) is 0 Å². The van der Waals surface area contributed by atoms with Gasteiger partial charge < -0.3 is 15.5 Å². The van der Waals surface area contributed by atoms with Gasteiger partial charge in [-0.2, -0.15) is 0 Å². The SMILES string of the molecule is CC(=O)c1ccc(C(=O)Nc2cc(NC(=O)c3cccc(N(C)C)c3)ccc2C)cc1. The van der Waals surface area contributed by atoms with Crippen molar-refractivity contribution < 1.29 is 14.4 Å². The van der Waals surface area contributed by atoms with E-state index in [1.54, 1.807) is 42.5 Å². The van der Waals surface area contributed by atoms with Gasteiger partial charge in [-0.1, -0.05) is 24.3 Å². The highest BCUT2D eigenvalue weighted by atomic mass is 16.2. The minimum absolute atomic E-state index is 0.0534. The molecule has 6 heteroatoms. The van der Waals surface area contributed by atoms with Crippen LogP contribution in [-0.4, -0.2) is 31.7 Å². The van der Waals surface area contributed by atoms with E-state index in [0.29, 0.717) is 28.1 Å². The lowest BCUT2D eigenvalue weighted by molar-refractivity contribution is 0.100. The quantitative estimate of drug-likeness (QED) is 0.569. The molecule has 0 saturated heterocycles. The van der Waals surface area contributed by atoms with Crippen molar-refractivity contribution in [3.63, 3.8) is 0 Å². The molecule has 0 unspecified atom stereocenters. The van der Waals surface area contributed by atoms with Gasteiger partial charge in [-0.05, 0) is 61.9 Å². The number of hydrogen-bond donors (Lipinski definition) is 2. The predicted octanol–water partition coefficient (Wildman–Crippen LogP) is 4.77. The van der Waals surface area contributed by atoms with Gasteiger partial charge in [0, 0.05) is 47.8 Å². The summed E-state index contributed by atoms with van der Waals surface area (Å²) in [6.45, 7) is 3.36. The number of aryl methyl sites for hydroxylation is 1. The Hall–Kier alpha value is -3.93. The summed E-state index contributed by atoms with van der Waals surface area (Å²) < 4.78 is 0. The highest BCUT2D eigenvalue weighted by Crippen LogP contribution is 2.22. The van der Waals surface area contributed by atoms with Crippen LogP contribution in [0, 0.1) is 6.92 Å². The zero-order valence-electron chi connectivity index (χ0n) is 18.0. The van der Waals surface area contributed by atoms with E-state index in [1.807, 2.05) is 50.2 Å². The first-order chi connectivity index (χ1) is 14.7. The highest BCUT2D eigenvalue weighted by molar-refractivity contribution is 6.07.